The van der Waals surface area contributed by atoms with Crippen molar-refractivity contribution in [2.45, 2.75) is 0 Å². The summed E-state index contributed by atoms with van der Waals surface area (Å²) in [5.41, 5.74) is 2.67. The monoisotopic (exact) mass is 246 g/mol. The molecule has 0 bridgehead atoms. The van der Waals surface area contributed by atoms with E-state index < -0.39 is 0 Å². The molecule has 0 radical (unpaired) electrons. The van der Waals surface area contributed by atoms with Crippen LogP contribution in [0.1, 0.15) is 10.4 Å². The smallest absolute Gasteiger partial charge is 0.150 e. The second kappa shape index (κ2) is 5.02. The number of carbonyl (C=O) groups is 1. The first-order valence-electron chi connectivity index (χ1n) is 5.14. The Hall–Kier alpha value is -1.80. The third kappa shape index (κ3) is 2.48. The van der Waals surface area contributed by atoms with E-state index in [9.17, 15) is 4.79 Å². The van der Waals surface area contributed by atoms with Gasteiger partial charge in [0.15, 0.2) is 0 Å². The minimum Gasteiger partial charge on any atom is -0.495 e. The first-order valence-corrected chi connectivity index (χ1v) is 5.51. The van der Waals surface area contributed by atoms with Crippen LogP contribution in [-0.4, -0.2) is 13.4 Å². The maximum atomic E-state index is 10.6. The molecular formula is C14H11ClO2. The molecule has 2 nitrogen and oxygen atoms in total. The fourth-order valence-electron chi connectivity index (χ4n) is 1.60. The summed E-state index contributed by atoms with van der Waals surface area (Å²) in [6.45, 7) is 0. The van der Waals surface area contributed by atoms with Crippen LogP contribution < -0.4 is 4.74 Å². The normalized spacial score (nSPS) is 10.0. The van der Waals surface area contributed by atoms with Crippen molar-refractivity contribution in [1.82, 2.24) is 0 Å². The molecule has 17 heavy (non-hydrogen) atoms. The van der Waals surface area contributed by atoms with Gasteiger partial charge in [-0.3, -0.25) is 4.79 Å². The van der Waals surface area contributed by atoms with Gasteiger partial charge in [0.2, 0.25) is 0 Å². The molecule has 0 aliphatic carbocycles. The summed E-state index contributed by atoms with van der Waals surface area (Å²) in [5, 5.41) is 0.574. The second-order valence-electron chi connectivity index (χ2n) is 3.59. The van der Waals surface area contributed by atoms with Crippen molar-refractivity contribution in [1.29, 1.82) is 0 Å². The van der Waals surface area contributed by atoms with Crippen molar-refractivity contribution in [3.05, 3.63) is 53.1 Å². The van der Waals surface area contributed by atoms with Crippen LogP contribution in [0, 0.1) is 0 Å². The molecule has 0 N–H and O–H groups in total. The largest absolute Gasteiger partial charge is 0.495 e. The second-order valence-corrected chi connectivity index (χ2v) is 4.00. The summed E-state index contributed by atoms with van der Waals surface area (Å²) in [4.78, 5) is 10.6. The molecule has 0 amide bonds. The topological polar surface area (TPSA) is 26.3 Å². The van der Waals surface area contributed by atoms with Crippen LogP contribution in [0.4, 0.5) is 0 Å². The Morgan fingerprint density at radius 2 is 1.71 bits per heavy atom. The standard InChI is InChI=1S/C14H11ClO2/c1-17-14-7-6-12(8-13(14)15)11-4-2-10(9-16)3-5-11/h2-9H,1H3. The molecule has 0 heterocycles. The van der Waals surface area contributed by atoms with Gasteiger partial charge in [-0.15, -0.1) is 0 Å². The third-order valence-corrected chi connectivity index (χ3v) is 2.83. The highest BCUT2D eigenvalue weighted by Gasteiger charge is 2.03. The lowest BCUT2D eigenvalue weighted by atomic mass is 10.0. The molecule has 0 aliphatic rings. The zero-order chi connectivity index (χ0) is 12.3. The molecule has 0 aliphatic heterocycles. The predicted octanol–water partition coefficient (Wildman–Crippen LogP) is 3.83. The van der Waals surface area contributed by atoms with Crippen LogP contribution >= 0.6 is 11.6 Å². The van der Waals surface area contributed by atoms with Gasteiger partial charge in [-0.25, -0.2) is 0 Å². The molecule has 0 unspecified atom stereocenters. The van der Waals surface area contributed by atoms with Gasteiger partial charge in [0.1, 0.15) is 12.0 Å². The number of rotatable bonds is 3. The van der Waals surface area contributed by atoms with E-state index in [1.54, 1.807) is 19.2 Å². The molecule has 2 aromatic rings. The average Bonchev–Trinajstić information content (AvgIpc) is 2.39. The Kier molecular flexibility index (Phi) is 3.45. The molecule has 2 rings (SSSR count). The fourth-order valence-corrected chi connectivity index (χ4v) is 1.86. The fraction of sp³-hybridized carbons (Fsp3) is 0.0714. The Bertz CT molecular complexity index is 532. The first-order chi connectivity index (χ1) is 8.24. The molecule has 3 heteroatoms. The van der Waals surface area contributed by atoms with Gasteiger partial charge in [0.25, 0.3) is 0 Å². The molecule has 0 saturated heterocycles. The van der Waals surface area contributed by atoms with E-state index in [0.717, 1.165) is 17.4 Å². The summed E-state index contributed by atoms with van der Waals surface area (Å²) in [5.74, 6) is 0.653. The van der Waals surface area contributed by atoms with Crippen molar-refractivity contribution in [3.63, 3.8) is 0 Å². The zero-order valence-corrected chi connectivity index (χ0v) is 10.1. The van der Waals surface area contributed by atoms with E-state index in [4.69, 9.17) is 16.3 Å². The number of carbonyl (C=O) groups excluding carboxylic acids is 1. The lowest BCUT2D eigenvalue weighted by molar-refractivity contribution is 0.112. The maximum Gasteiger partial charge on any atom is 0.150 e. The first kappa shape index (κ1) is 11.7. The summed E-state index contributed by atoms with van der Waals surface area (Å²) in [7, 11) is 1.58. The SMILES string of the molecule is COc1ccc(-c2ccc(C=O)cc2)cc1Cl. The van der Waals surface area contributed by atoms with Crippen LogP contribution in [0.15, 0.2) is 42.5 Å². The lowest BCUT2D eigenvalue weighted by Crippen LogP contribution is -1.85. The molecule has 0 spiro atoms. The third-order valence-electron chi connectivity index (χ3n) is 2.53. The van der Waals surface area contributed by atoms with Crippen molar-refractivity contribution in [2.75, 3.05) is 7.11 Å². The zero-order valence-electron chi connectivity index (χ0n) is 9.31. The highest BCUT2D eigenvalue weighted by atomic mass is 35.5. The summed E-state index contributed by atoms with van der Waals surface area (Å²) >= 11 is 6.06. The maximum absolute atomic E-state index is 10.6. The van der Waals surface area contributed by atoms with E-state index in [0.29, 0.717) is 16.3 Å². The van der Waals surface area contributed by atoms with Crippen LogP contribution in [0.5, 0.6) is 5.75 Å². The minimum atomic E-state index is 0.574. The number of hydrogen-bond donors (Lipinski definition) is 0. The highest BCUT2D eigenvalue weighted by Crippen LogP contribution is 2.30. The van der Waals surface area contributed by atoms with Crippen LogP contribution in [0.25, 0.3) is 11.1 Å². The number of aldehydes is 1. The van der Waals surface area contributed by atoms with Crippen LogP contribution in [-0.2, 0) is 0 Å². The van der Waals surface area contributed by atoms with Gasteiger partial charge in [0.05, 0.1) is 12.1 Å². The molecule has 0 atom stereocenters. The molecule has 2 aromatic carbocycles. The minimum absolute atomic E-state index is 0.574. The Balaban J connectivity index is 2.38. The van der Waals surface area contributed by atoms with E-state index in [1.165, 1.54) is 0 Å². The average molecular weight is 247 g/mol. The predicted molar refractivity (Wildman–Crippen MR) is 68.8 cm³/mol. The molecular weight excluding hydrogens is 236 g/mol. The summed E-state index contributed by atoms with van der Waals surface area (Å²) < 4.78 is 5.09. The number of halogens is 1. The van der Waals surface area contributed by atoms with E-state index in [1.807, 2.05) is 30.3 Å². The molecule has 86 valence electrons. The summed E-state index contributed by atoms with van der Waals surface area (Å²) in [6, 6.07) is 12.9. The van der Waals surface area contributed by atoms with Crippen molar-refractivity contribution in [3.8, 4) is 16.9 Å². The Morgan fingerprint density at radius 1 is 1.06 bits per heavy atom. The van der Waals surface area contributed by atoms with Crippen LogP contribution in [0.3, 0.4) is 0 Å². The van der Waals surface area contributed by atoms with Gasteiger partial charge in [-0.05, 0) is 23.3 Å². The molecule has 0 fully saturated rings. The Labute approximate surface area is 105 Å². The number of benzene rings is 2. The van der Waals surface area contributed by atoms with Gasteiger partial charge in [-0.1, -0.05) is 41.9 Å². The number of methoxy groups -OCH3 is 1. The van der Waals surface area contributed by atoms with E-state index >= 15 is 0 Å². The van der Waals surface area contributed by atoms with E-state index in [2.05, 4.69) is 0 Å². The van der Waals surface area contributed by atoms with Crippen molar-refractivity contribution in [2.24, 2.45) is 0 Å². The van der Waals surface area contributed by atoms with Crippen molar-refractivity contribution < 1.29 is 9.53 Å². The number of ether oxygens (including phenoxy) is 1. The Morgan fingerprint density at radius 3 is 2.24 bits per heavy atom. The number of hydrogen-bond acceptors (Lipinski definition) is 2. The molecule has 0 saturated carbocycles. The highest BCUT2D eigenvalue weighted by molar-refractivity contribution is 6.32. The van der Waals surface area contributed by atoms with Gasteiger partial charge >= 0.3 is 0 Å². The molecule has 0 aromatic heterocycles. The van der Waals surface area contributed by atoms with Crippen LogP contribution in [0.2, 0.25) is 5.02 Å². The van der Waals surface area contributed by atoms with E-state index in [-0.39, 0.29) is 0 Å². The van der Waals surface area contributed by atoms with Crippen molar-refractivity contribution >= 4 is 17.9 Å². The summed E-state index contributed by atoms with van der Waals surface area (Å²) in [6.07, 6.45) is 0.824. The van der Waals surface area contributed by atoms with Gasteiger partial charge in [-0.2, -0.15) is 0 Å². The van der Waals surface area contributed by atoms with Gasteiger partial charge < -0.3 is 4.74 Å². The quantitative estimate of drug-likeness (QED) is 0.770. The lowest BCUT2D eigenvalue weighted by Gasteiger charge is -2.06. The van der Waals surface area contributed by atoms with Gasteiger partial charge in [0, 0.05) is 5.56 Å².